The molecule has 0 amide bonds. The van der Waals surface area contributed by atoms with Crippen LogP contribution in [0.1, 0.15) is 12.8 Å². The minimum atomic E-state index is -1.98. The van der Waals surface area contributed by atoms with Crippen molar-refractivity contribution in [3.05, 3.63) is 11.8 Å². The predicted octanol–water partition coefficient (Wildman–Crippen LogP) is 2.83. The number of halogens is 3. The molecule has 0 rings (SSSR count). The Balaban J connectivity index is 3.50. The predicted molar refractivity (Wildman–Crippen MR) is 34.9 cm³/mol. The molecule has 0 fully saturated rings. The minimum absolute atomic E-state index is 0.0492. The van der Waals surface area contributed by atoms with Crippen LogP contribution in [0.25, 0.3) is 0 Å². The minimum Gasteiger partial charge on any atom is -0.507 e. The molecule has 9 heavy (non-hydrogen) atoms. The third-order valence-electron chi connectivity index (χ3n) is 0.765. The van der Waals surface area contributed by atoms with E-state index in [2.05, 4.69) is 15.9 Å². The average Bonchev–Trinajstić information content (AvgIpc) is 1.82. The highest BCUT2D eigenvalue weighted by atomic mass is 79.9. The largest absolute Gasteiger partial charge is 0.507 e. The molecule has 0 spiro atoms. The van der Waals surface area contributed by atoms with Crippen molar-refractivity contribution in [3.63, 3.8) is 0 Å². The zero-order valence-corrected chi connectivity index (χ0v) is 6.29. The van der Waals surface area contributed by atoms with Gasteiger partial charge in [-0.05, 0) is 6.42 Å². The summed E-state index contributed by atoms with van der Waals surface area (Å²) in [5.41, 5.74) is 0. The Kier molecular flexibility index (Phi) is 4.67. The highest BCUT2D eigenvalue weighted by Gasteiger charge is 2.00. The number of hydrogen-bond donors (Lipinski definition) is 1. The van der Waals surface area contributed by atoms with Crippen LogP contribution in [0.5, 0.6) is 0 Å². The molecule has 0 aromatic carbocycles. The third kappa shape index (κ3) is 4.39. The van der Waals surface area contributed by atoms with E-state index in [-0.39, 0.29) is 6.42 Å². The lowest BCUT2D eigenvalue weighted by atomic mass is 10.3. The molecule has 0 aromatic rings. The van der Waals surface area contributed by atoms with E-state index in [1.54, 1.807) is 0 Å². The third-order valence-corrected chi connectivity index (χ3v) is 1.33. The van der Waals surface area contributed by atoms with Crippen molar-refractivity contribution in [2.45, 2.75) is 12.8 Å². The molecule has 0 bridgehead atoms. The summed E-state index contributed by atoms with van der Waals surface area (Å²) in [6.45, 7) is 0. The molecule has 0 aliphatic rings. The summed E-state index contributed by atoms with van der Waals surface area (Å²) in [4.78, 5) is 0. The first kappa shape index (κ1) is 8.88. The van der Waals surface area contributed by atoms with Crippen LogP contribution in [-0.2, 0) is 0 Å². The van der Waals surface area contributed by atoms with Gasteiger partial charge >= 0.3 is 6.08 Å². The summed E-state index contributed by atoms with van der Waals surface area (Å²) >= 11 is 3.05. The van der Waals surface area contributed by atoms with E-state index in [1.165, 1.54) is 0 Å². The monoisotopic (exact) mass is 200 g/mol. The van der Waals surface area contributed by atoms with Crippen molar-refractivity contribution in [3.8, 4) is 0 Å². The molecule has 0 unspecified atom stereocenters. The maximum absolute atomic E-state index is 11.4. The van der Waals surface area contributed by atoms with Crippen LogP contribution >= 0.6 is 15.9 Å². The van der Waals surface area contributed by atoms with Gasteiger partial charge in [-0.3, -0.25) is 0 Å². The smallest absolute Gasteiger partial charge is 0.307 e. The number of alkyl halides is 1. The number of hydrogen-bond acceptors (Lipinski definition) is 1. The van der Waals surface area contributed by atoms with Gasteiger partial charge in [0.15, 0.2) is 5.76 Å². The maximum atomic E-state index is 11.4. The standard InChI is InChI=1S/C5H7BrF2O/c6-3-1-2-4(9)5(7)8/h9H,1-3H2. The first-order valence-electron chi connectivity index (χ1n) is 2.47. The van der Waals surface area contributed by atoms with Gasteiger partial charge in [-0.1, -0.05) is 15.9 Å². The van der Waals surface area contributed by atoms with Crippen LogP contribution in [0.4, 0.5) is 8.78 Å². The molecule has 0 saturated carbocycles. The quantitative estimate of drug-likeness (QED) is 0.549. The van der Waals surface area contributed by atoms with E-state index in [1.807, 2.05) is 0 Å². The van der Waals surface area contributed by atoms with Gasteiger partial charge in [0.05, 0.1) is 0 Å². The van der Waals surface area contributed by atoms with Crippen molar-refractivity contribution < 1.29 is 13.9 Å². The number of aliphatic hydroxyl groups is 1. The molecule has 0 aliphatic heterocycles. The topological polar surface area (TPSA) is 20.2 Å². The van der Waals surface area contributed by atoms with Gasteiger partial charge in [-0.25, -0.2) is 0 Å². The lowest BCUT2D eigenvalue weighted by molar-refractivity contribution is 0.302. The van der Waals surface area contributed by atoms with Crippen molar-refractivity contribution in [2.75, 3.05) is 5.33 Å². The molecular weight excluding hydrogens is 194 g/mol. The fourth-order valence-corrected chi connectivity index (χ4v) is 0.609. The van der Waals surface area contributed by atoms with Crippen molar-refractivity contribution in [1.82, 2.24) is 0 Å². The number of rotatable bonds is 3. The lowest BCUT2D eigenvalue weighted by Crippen LogP contribution is -1.83. The van der Waals surface area contributed by atoms with Crippen LogP contribution < -0.4 is 0 Å². The van der Waals surface area contributed by atoms with Crippen LogP contribution in [0, 0.1) is 0 Å². The fraction of sp³-hybridized carbons (Fsp3) is 0.600. The second kappa shape index (κ2) is 4.73. The zero-order valence-electron chi connectivity index (χ0n) is 4.70. The second-order valence-electron chi connectivity index (χ2n) is 1.50. The molecule has 0 aromatic heterocycles. The number of allylic oxidation sites excluding steroid dienone is 1. The van der Waals surface area contributed by atoms with E-state index in [0.717, 1.165) is 0 Å². The molecule has 54 valence electrons. The van der Waals surface area contributed by atoms with E-state index in [4.69, 9.17) is 5.11 Å². The summed E-state index contributed by atoms with van der Waals surface area (Å²) in [7, 11) is 0. The Morgan fingerprint density at radius 3 is 2.33 bits per heavy atom. The van der Waals surface area contributed by atoms with Gasteiger partial charge < -0.3 is 5.11 Å². The van der Waals surface area contributed by atoms with Crippen molar-refractivity contribution in [1.29, 1.82) is 0 Å². The summed E-state index contributed by atoms with van der Waals surface area (Å²) < 4.78 is 22.7. The van der Waals surface area contributed by atoms with Crippen LogP contribution in [-0.4, -0.2) is 10.4 Å². The summed E-state index contributed by atoms with van der Waals surface area (Å²) in [6.07, 6.45) is -1.40. The first-order valence-corrected chi connectivity index (χ1v) is 3.59. The molecule has 0 heterocycles. The van der Waals surface area contributed by atoms with E-state index in [9.17, 15) is 8.78 Å². The van der Waals surface area contributed by atoms with E-state index >= 15 is 0 Å². The Morgan fingerprint density at radius 2 is 2.00 bits per heavy atom. The van der Waals surface area contributed by atoms with Crippen LogP contribution in [0.2, 0.25) is 0 Å². The van der Waals surface area contributed by atoms with E-state index in [0.29, 0.717) is 11.8 Å². The molecule has 0 saturated heterocycles. The van der Waals surface area contributed by atoms with Crippen molar-refractivity contribution in [2.24, 2.45) is 0 Å². The zero-order chi connectivity index (χ0) is 7.28. The summed E-state index contributed by atoms with van der Waals surface area (Å²) in [5.74, 6) is -0.797. The Morgan fingerprint density at radius 1 is 1.44 bits per heavy atom. The van der Waals surface area contributed by atoms with Gasteiger partial charge in [-0.15, -0.1) is 0 Å². The van der Waals surface area contributed by atoms with Crippen molar-refractivity contribution >= 4 is 15.9 Å². The Hall–Kier alpha value is -0.120. The van der Waals surface area contributed by atoms with Crippen LogP contribution in [0.15, 0.2) is 11.8 Å². The Bertz CT molecular complexity index is 110. The second-order valence-corrected chi connectivity index (χ2v) is 2.29. The molecule has 0 atom stereocenters. The molecule has 1 N–H and O–H groups in total. The first-order chi connectivity index (χ1) is 4.18. The highest BCUT2D eigenvalue weighted by Crippen LogP contribution is 2.10. The lowest BCUT2D eigenvalue weighted by Gasteiger charge is -1.93. The van der Waals surface area contributed by atoms with Crippen LogP contribution in [0.3, 0.4) is 0 Å². The van der Waals surface area contributed by atoms with Gasteiger partial charge in [0.2, 0.25) is 0 Å². The average molecular weight is 201 g/mol. The van der Waals surface area contributed by atoms with Gasteiger partial charge in [0.25, 0.3) is 0 Å². The fourth-order valence-electron chi connectivity index (χ4n) is 0.329. The summed E-state index contributed by atoms with van der Waals surface area (Å²) in [5, 5.41) is 9.00. The molecule has 1 nitrogen and oxygen atoms in total. The molecule has 0 radical (unpaired) electrons. The maximum Gasteiger partial charge on any atom is 0.307 e. The van der Waals surface area contributed by atoms with E-state index < -0.39 is 11.8 Å². The van der Waals surface area contributed by atoms with Gasteiger partial charge in [0, 0.05) is 11.8 Å². The summed E-state index contributed by atoms with van der Waals surface area (Å²) in [6, 6.07) is 0. The molecular formula is C5H7BrF2O. The normalized spacial score (nSPS) is 9.22. The highest BCUT2D eigenvalue weighted by molar-refractivity contribution is 9.09. The molecule has 4 heteroatoms. The number of aliphatic hydroxyl groups excluding tert-OH is 1. The molecule has 0 aliphatic carbocycles. The van der Waals surface area contributed by atoms with Gasteiger partial charge in [0.1, 0.15) is 0 Å². The SMILES string of the molecule is OC(CCCBr)=C(F)F. The Labute approximate surface area is 60.5 Å². The van der Waals surface area contributed by atoms with Gasteiger partial charge in [-0.2, -0.15) is 8.78 Å².